The van der Waals surface area contributed by atoms with Crippen molar-refractivity contribution in [3.8, 4) is 11.8 Å². The molecule has 1 aromatic rings. The van der Waals surface area contributed by atoms with Gasteiger partial charge in [0.25, 0.3) is 0 Å². The summed E-state index contributed by atoms with van der Waals surface area (Å²) in [7, 11) is 1.70. The number of anilines is 1. The summed E-state index contributed by atoms with van der Waals surface area (Å²) in [4.78, 5) is 17.4. The van der Waals surface area contributed by atoms with Gasteiger partial charge in [0.1, 0.15) is 5.75 Å². The van der Waals surface area contributed by atoms with Crippen molar-refractivity contribution >= 4 is 11.6 Å². The number of nitriles is 1. The van der Waals surface area contributed by atoms with Crippen LogP contribution in [0.25, 0.3) is 0 Å². The first kappa shape index (κ1) is 22.2. The summed E-state index contributed by atoms with van der Waals surface area (Å²) in [6.07, 6.45) is 4.44. The zero-order chi connectivity index (χ0) is 21.7. The Morgan fingerprint density at radius 2 is 1.93 bits per heavy atom. The maximum atomic E-state index is 13.1. The standard InChI is InChI=1S/C25H35N3O2/c1-18(2)22-16-21(19(3)15-20(22)9-10-26)17-25(29)28-13-11-27(12-14-28)23-7-5-6-8-24(23)30-4/h5-8,15,18,20-22H,9,11-14,16-17H2,1-4H3/t20-,21+,22+/m1/s1. The number of amides is 1. The number of hydrogen-bond donors (Lipinski definition) is 0. The molecule has 1 amide bonds. The fourth-order valence-corrected chi connectivity index (χ4v) is 5.04. The molecule has 1 aliphatic heterocycles. The monoisotopic (exact) mass is 409 g/mol. The molecule has 0 bridgehead atoms. The van der Waals surface area contributed by atoms with Gasteiger partial charge in [-0.3, -0.25) is 4.79 Å². The third-order valence-electron chi connectivity index (χ3n) is 6.89. The van der Waals surface area contributed by atoms with Crippen molar-refractivity contribution in [3.05, 3.63) is 35.9 Å². The highest BCUT2D eigenvalue weighted by Gasteiger charge is 2.33. The maximum Gasteiger partial charge on any atom is 0.223 e. The predicted molar refractivity (Wildman–Crippen MR) is 120 cm³/mol. The van der Waals surface area contributed by atoms with Crippen LogP contribution in [0.15, 0.2) is 35.9 Å². The lowest BCUT2D eigenvalue weighted by molar-refractivity contribution is -0.132. The van der Waals surface area contributed by atoms with Crippen LogP contribution in [0.1, 0.15) is 40.0 Å². The van der Waals surface area contributed by atoms with Crippen LogP contribution >= 0.6 is 0 Å². The minimum absolute atomic E-state index is 0.258. The molecule has 162 valence electrons. The summed E-state index contributed by atoms with van der Waals surface area (Å²) < 4.78 is 5.49. The van der Waals surface area contributed by atoms with E-state index in [1.165, 1.54) is 5.57 Å². The second kappa shape index (κ2) is 10.0. The molecule has 1 aliphatic carbocycles. The average molecular weight is 410 g/mol. The largest absolute Gasteiger partial charge is 0.495 e. The van der Waals surface area contributed by atoms with Crippen molar-refractivity contribution in [1.82, 2.24) is 4.90 Å². The lowest BCUT2D eigenvalue weighted by Crippen LogP contribution is -2.49. The lowest BCUT2D eigenvalue weighted by atomic mass is 9.69. The highest BCUT2D eigenvalue weighted by atomic mass is 16.5. The van der Waals surface area contributed by atoms with Gasteiger partial charge in [0.05, 0.1) is 18.9 Å². The Hall–Kier alpha value is -2.48. The molecule has 0 N–H and O–H groups in total. The Morgan fingerprint density at radius 1 is 1.23 bits per heavy atom. The van der Waals surface area contributed by atoms with Gasteiger partial charge < -0.3 is 14.5 Å². The van der Waals surface area contributed by atoms with Crippen LogP contribution in [0.5, 0.6) is 5.75 Å². The molecule has 3 rings (SSSR count). The molecule has 1 aromatic carbocycles. The Bertz CT molecular complexity index is 803. The van der Waals surface area contributed by atoms with Crippen LogP contribution in [0.2, 0.25) is 0 Å². The van der Waals surface area contributed by atoms with Gasteiger partial charge in [-0.2, -0.15) is 5.26 Å². The molecule has 0 saturated carbocycles. The molecule has 5 nitrogen and oxygen atoms in total. The SMILES string of the molecule is COc1ccccc1N1CCN(C(=O)C[C@@H]2C[C@@H](C(C)C)[C@H](CC#N)C=C2C)CC1. The summed E-state index contributed by atoms with van der Waals surface area (Å²) in [5, 5.41) is 9.17. The Morgan fingerprint density at radius 3 is 2.57 bits per heavy atom. The maximum absolute atomic E-state index is 13.1. The number of carbonyl (C=O) groups is 1. The topological polar surface area (TPSA) is 56.6 Å². The highest BCUT2D eigenvalue weighted by Crippen LogP contribution is 2.40. The number of carbonyl (C=O) groups excluding carboxylic acids is 1. The van der Waals surface area contributed by atoms with E-state index >= 15 is 0 Å². The van der Waals surface area contributed by atoms with E-state index in [1.807, 2.05) is 23.1 Å². The number of allylic oxidation sites excluding steroid dienone is 2. The van der Waals surface area contributed by atoms with Gasteiger partial charge >= 0.3 is 0 Å². The summed E-state index contributed by atoms with van der Waals surface area (Å²) in [6.45, 7) is 9.75. The normalized spacial score (nSPS) is 24.4. The van der Waals surface area contributed by atoms with E-state index in [0.717, 1.165) is 44.0 Å². The van der Waals surface area contributed by atoms with Gasteiger partial charge in [0.2, 0.25) is 5.91 Å². The zero-order valence-electron chi connectivity index (χ0n) is 18.8. The second-order valence-electron chi connectivity index (χ2n) is 9.02. The van der Waals surface area contributed by atoms with Crippen LogP contribution in [-0.4, -0.2) is 44.1 Å². The quantitative estimate of drug-likeness (QED) is 0.649. The van der Waals surface area contributed by atoms with Crippen LogP contribution in [0.3, 0.4) is 0 Å². The van der Waals surface area contributed by atoms with E-state index in [1.54, 1.807) is 7.11 Å². The fourth-order valence-electron chi connectivity index (χ4n) is 5.04. The van der Waals surface area contributed by atoms with E-state index in [0.29, 0.717) is 36.5 Å². The van der Waals surface area contributed by atoms with Crippen molar-refractivity contribution in [2.45, 2.75) is 40.0 Å². The molecule has 0 spiro atoms. The van der Waals surface area contributed by atoms with Crippen LogP contribution in [-0.2, 0) is 4.79 Å². The smallest absolute Gasteiger partial charge is 0.223 e. The first-order chi connectivity index (χ1) is 14.4. The molecule has 2 aliphatic rings. The summed E-state index contributed by atoms with van der Waals surface area (Å²) in [5.74, 6) is 2.77. The van der Waals surface area contributed by atoms with E-state index in [-0.39, 0.29) is 5.91 Å². The highest BCUT2D eigenvalue weighted by molar-refractivity contribution is 5.77. The summed E-state index contributed by atoms with van der Waals surface area (Å²) in [6, 6.07) is 10.4. The second-order valence-corrected chi connectivity index (χ2v) is 9.02. The van der Waals surface area contributed by atoms with Gasteiger partial charge in [0, 0.05) is 39.0 Å². The Labute approximate surface area is 181 Å². The fraction of sp³-hybridized carbons (Fsp3) is 0.600. The number of ether oxygens (including phenoxy) is 1. The number of piperazine rings is 1. The molecule has 3 atom stereocenters. The number of methoxy groups -OCH3 is 1. The lowest BCUT2D eigenvalue weighted by Gasteiger charge is -2.39. The molecule has 0 unspecified atom stereocenters. The van der Waals surface area contributed by atoms with Gasteiger partial charge in [0.15, 0.2) is 0 Å². The first-order valence-electron chi connectivity index (χ1n) is 11.2. The minimum atomic E-state index is 0.258. The van der Waals surface area contributed by atoms with Crippen molar-refractivity contribution in [2.24, 2.45) is 23.7 Å². The van der Waals surface area contributed by atoms with Crippen LogP contribution in [0.4, 0.5) is 5.69 Å². The van der Waals surface area contributed by atoms with Crippen LogP contribution < -0.4 is 9.64 Å². The van der Waals surface area contributed by atoms with Crippen LogP contribution in [0, 0.1) is 35.0 Å². The molecule has 0 radical (unpaired) electrons. The summed E-state index contributed by atoms with van der Waals surface area (Å²) in [5.41, 5.74) is 2.38. The molecular formula is C25H35N3O2. The van der Waals surface area contributed by atoms with Gasteiger partial charge in [-0.25, -0.2) is 0 Å². The van der Waals surface area contributed by atoms with Crippen molar-refractivity contribution in [2.75, 3.05) is 38.2 Å². The molecule has 1 fully saturated rings. The Balaban J connectivity index is 1.59. The number of benzene rings is 1. The molecule has 5 heteroatoms. The average Bonchev–Trinajstić information content (AvgIpc) is 2.75. The van der Waals surface area contributed by atoms with E-state index < -0.39 is 0 Å². The van der Waals surface area contributed by atoms with Gasteiger partial charge in [-0.15, -0.1) is 0 Å². The van der Waals surface area contributed by atoms with E-state index in [4.69, 9.17) is 4.74 Å². The molecule has 30 heavy (non-hydrogen) atoms. The number of para-hydroxylation sites is 2. The number of rotatable bonds is 6. The first-order valence-corrected chi connectivity index (χ1v) is 11.2. The molecule has 0 aromatic heterocycles. The molecule has 1 heterocycles. The van der Waals surface area contributed by atoms with Crippen molar-refractivity contribution in [3.63, 3.8) is 0 Å². The van der Waals surface area contributed by atoms with Gasteiger partial charge in [-0.05, 0) is 49.1 Å². The molecule has 1 saturated heterocycles. The third kappa shape index (κ3) is 4.98. The third-order valence-corrected chi connectivity index (χ3v) is 6.89. The van der Waals surface area contributed by atoms with Gasteiger partial charge in [-0.1, -0.05) is 37.6 Å². The zero-order valence-corrected chi connectivity index (χ0v) is 18.8. The minimum Gasteiger partial charge on any atom is -0.495 e. The number of nitrogens with zero attached hydrogens (tertiary/aromatic N) is 3. The van der Waals surface area contributed by atoms with Crippen molar-refractivity contribution < 1.29 is 9.53 Å². The van der Waals surface area contributed by atoms with Crippen molar-refractivity contribution in [1.29, 1.82) is 5.26 Å². The van der Waals surface area contributed by atoms with E-state index in [2.05, 4.69) is 43.9 Å². The summed E-state index contributed by atoms with van der Waals surface area (Å²) >= 11 is 0. The molecular weight excluding hydrogens is 374 g/mol. The number of hydrogen-bond acceptors (Lipinski definition) is 4. The predicted octanol–water partition coefficient (Wildman–Crippen LogP) is 4.50. The van der Waals surface area contributed by atoms with E-state index in [9.17, 15) is 10.1 Å². The Kier molecular flexibility index (Phi) is 7.42.